The fourth-order valence-corrected chi connectivity index (χ4v) is 1.88. The van der Waals surface area contributed by atoms with E-state index >= 15 is 0 Å². The summed E-state index contributed by atoms with van der Waals surface area (Å²) in [7, 11) is 1.54. The van der Waals surface area contributed by atoms with Gasteiger partial charge in [0.25, 0.3) is 11.6 Å². The molecule has 7 heteroatoms. The van der Waals surface area contributed by atoms with Crippen LogP contribution in [0.2, 0.25) is 0 Å². The molecule has 2 aromatic carbocycles. The number of nitriles is 1. The molecule has 0 spiro atoms. The largest absolute Gasteiger partial charge is 0.497 e. The van der Waals surface area contributed by atoms with Gasteiger partial charge in [-0.25, -0.2) is 0 Å². The normalized spacial score (nSPS) is 10.6. The van der Waals surface area contributed by atoms with E-state index < -0.39 is 10.8 Å². The first-order valence-electron chi connectivity index (χ1n) is 6.85. The summed E-state index contributed by atoms with van der Waals surface area (Å²) >= 11 is 0. The Morgan fingerprint density at radius 2 is 1.83 bits per heavy atom. The summed E-state index contributed by atoms with van der Waals surface area (Å²) in [6.07, 6.45) is 1.36. The van der Waals surface area contributed by atoms with Gasteiger partial charge in [0.05, 0.1) is 12.0 Å². The molecule has 0 heterocycles. The molecule has 7 nitrogen and oxygen atoms in total. The number of hydrogen-bond acceptors (Lipinski definition) is 5. The van der Waals surface area contributed by atoms with Crippen molar-refractivity contribution in [2.24, 2.45) is 0 Å². The maximum atomic E-state index is 12.1. The number of anilines is 1. The van der Waals surface area contributed by atoms with E-state index in [4.69, 9.17) is 10.00 Å². The molecule has 0 bridgehead atoms. The van der Waals surface area contributed by atoms with E-state index in [0.717, 1.165) is 0 Å². The maximum absolute atomic E-state index is 12.1. The van der Waals surface area contributed by atoms with E-state index in [1.165, 1.54) is 37.5 Å². The molecule has 2 rings (SSSR count). The van der Waals surface area contributed by atoms with Crippen molar-refractivity contribution < 1.29 is 14.5 Å². The van der Waals surface area contributed by atoms with Gasteiger partial charge in [-0.1, -0.05) is 0 Å². The lowest BCUT2D eigenvalue weighted by atomic mass is 10.1. The second kappa shape index (κ2) is 7.56. The van der Waals surface area contributed by atoms with E-state index in [-0.39, 0.29) is 11.3 Å². The third-order valence-electron chi connectivity index (χ3n) is 3.13. The highest BCUT2D eigenvalue weighted by molar-refractivity contribution is 6.09. The first-order chi connectivity index (χ1) is 11.5. The molecular weight excluding hydrogens is 310 g/mol. The number of ether oxygens (including phenoxy) is 1. The zero-order chi connectivity index (χ0) is 17.5. The molecule has 0 atom stereocenters. The van der Waals surface area contributed by atoms with Gasteiger partial charge in [0.1, 0.15) is 17.4 Å². The average Bonchev–Trinajstić information content (AvgIpc) is 2.60. The molecule has 0 aliphatic carbocycles. The zero-order valence-corrected chi connectivity index (χ0v) is 12.7. The van der Waals surface area contributed by atoms with Gasteiger partial charge in [0.2, 0.25) is 0 Å². The second-order valence-electron chi connectivity index (χ2n) is 4.70. The predicted octanol–water partition coefficient (Wildman–Crippen LogP) is 3.15. The minimum absolute atomic E-state index is 0.0617. The smallest absolute Gasteiger partial charge is 0.269 e. The van der Waals surface area contributed by atoms with Crippen LogP contribution in [0.25, 0.3) is 6.08 Å². The monoisotopic (exact) mass is 323 g/mol. The van der Waals surface area contributed by atoms with Crippen LogP contribution in [0, 0.1) is 21.4 Å². The third-order valence-corrected chi connectivity index (χ3v) is 3.13. The van der Waals surface area contributed by atoms with Crippen molar-refractivity contribution in [1.29, 1.82) is 5.26 Å². The Morgan fingerprint density at radius 3 is 2.33 bits per heavy atom. The molecule has 0 radical (unpaired) electrons. The molecule has 0 aromatic heterocycles. The van der Waals surface area contributed by atoms with Crippen molar-refractivity contribution >= 4 is 23.4 Å². The number of carbonyl (C=O) groups is 1. The van der Waals surface area contributed by atoms with E-state index in [1.807, 2.05) is 6.07 Å². The number of methoxy groups -OCH3 is 1. The molecule has 0 fully saturated rings. The molecule has 0 saturated carbocycles. The second-order valence-corrected chi connectivity index (χ2v) is 4.70. The number of nitrogens with zero attached hydrogens (tertiary/aromatic N) is 2. The molecule has 24 heavy (non-hydrogen) atoms. The van der Waals surface area contributed by atoms with Crippen LogP contribution in [0.4, 0.5) is 11.4 Å². The van der Waals surface area contributed by atoms with Gasteiger partial charge >= 0.3 is 0 Å². The van der Waals surface area contributed by atoms with Gasteiger partial charge in [-0.05, 0) is 48.0 Å². The summed E-state index contributed by atoms with van der Waals surface area (Å²) < 4.78 is 5.02. The Kier molecular flexibility index (Phi) is 5.26. The lowest BCUT2D eigenvalue weighted by Gasteiger charge is -2.05. The molecule has 0 aliphatic heterocycles. The lowest BCUT2D eigenvalue weighted by molar-refractivity contribution is -0.384. The molecule has 2 aromatic rings. The van der Waals surface area contributed by atoms with Gasteiger partial charge in [0.15, 0.2) is 0 Å². The number of nitrogens with one attached hydrogen (secondary N) is 1. The van der Waals surface area contributed by atoms with E-state index in [1.54, 1.807) is 24.3 Å². The van der Waals surface area contributed by atoms with Gasteiger partial charge in [-0.15, -0.1) is 0 Å². The van der Waals surface area contributed by atoms with Crippen LogP contribution in [0.15, 0.2) is 54.1 Å². The van der Waals surface area contributed by atoms with Crippen molar-refractivity contribution in [1.82, 2.24) is 0 Å². The van der Waals surface area contributed by atoms with Crippen LogP contribution in [-0.2, 0) is 4.79 Å². The van der Waals surface area contributed by atoms with Crippen molar-refractivity contribution in [2.75, 3.05) is 12.4 Å². The molecule has 0 saturated heterocycles. The Balaban J connectivity index is 2.15. The summed E-state index contributed by atoms with van der Waals surface area (Å²) in [5, 5.41) is 22.4. The van der Waals surface area contributed by atoms with Gasteiger partial charge in [-0.3, -0.25) is 14.9 Å². The molecule has 0 aliphatic rings. The SMILES string of the molecule is COc1ccc(NC(=O)/C(C#N)=C/c2ccc([N+](=O)[O-])cc2)cc1. The van der Waals surface area contributed by atoms with Gasteiger partial charge in [0, 0.05) is 17.8 Å². The summed E-state index contributed by atoms with van der Waals surface area (Å²) in [6.45, 7) is 0. The van der Waals surface area contributed by atoms with Crippen molar-refractivity contribution in [3.8, 4) is 11.8 Å². The quantitative estimate of drug-likeness (QED) is 0.394. The molecule has 1 amide bonds. The highest BCUT2D eigenvalue weighted by atomic mass is 16.6. The number of nitro groups is 1. The Bertz CT molecular complexity index is 818. The Labute approximate surface area is 137 Å². The third kappa shape index (κ3) is 4.18. The minimum atomic E-state index is -0.569. The number of carbonyl (C=O) groups excluding carboxylic acids is 1. The molecule has 120 valence electrons. The first kappa shape index (κ1) is 16.7. The molecule has 0 unspecified atom stereocenters. The molecule has 1 N–H and O–H groups in total. The van der Waals surface area contributed by atoms with Crippen molar-refractivity contribution in [2.45, 2.75) is 0 Å². The highest BCUT2D eigenvalue weighted by Crippen LogP contribution is 2.17. The first-order valence-corrected chi connectivity index (χ1v) is 6.85. The summed E-state index contributed by atoms with van der Waals surface area (Å²) in [5.41, 5.74) is 0.862. The van der Waals surface area contributed by atoms with Crippen LogP contribution in [0.5, 0.6) is 5.75 Å². The predicted molar refractivity (Wildman–Crippen MR) is 88.3 cm³/mol. The van der Waals surface area contributed by atoms with Crippen LogP contribution in [-0.4, -0.2) is 17.9 Å². The minimum Gasteiger partial charge on any atom is -0.497 e. The maximum Gasteiger partial charge on any atom is 0.269 e. The van der Waals surface area contributed by atoms with Crippen LogP contribution in [0.1, 0.15) is 5.56 Å². The van der Waals surface area contributed by atoms with Crippen LogP contribution >= 0.6 is 0 Å². The van der Waals surface area contributed by atoms with E-state index in [9.17, 15) is 14.9 Å². The summed E-state index contributed by atoms with van der Waals surface area (Å²) in [4.78, 5) is 22.2. The van der Waals surface area contributed by atoms with Gasteiger partial charge < -0.3 is 10.1 Å². The Morgan fingerprint density at radius 1 is 1.21 bits per heavy atom. The topological polar surface area (TPSA) is 105 Å². The van der Waals surface area contributed by atoms with E-state index in [2.05, 4.69) is 5.32 Å². The number of rotatable bonds is 5. The zero-order valence-electron chi connectivity index (χ0n) is 12.7. The fraction of sp³-hybridized carbons (Fsp3) is 0.0588. The number of hydrogen-bond donors (Lipinski definition) is 1. The highest BCUT2D eigenvalue weighted by Gasteiger charge is 2.10. The van der Waals surface area contributed by atoms with Crippen molar-refractivity contribution in [3.05, 3.63) is 69.8 Å². The van der Waals surface area contributed by atoms with Crippen LogP contribution < -0.4 is 10.1 Å². The number of amides is 1. The summed E-state index contributed by atoms with van der Waals surface area (Å²) in [6, 6.07) is 14.0. The number of nitro benzene ring substituents is 1. The van der Waals surface area contributed by atoms with Crippen LogP contribution in [0.3, 0.4) is 0 Å². The average molecular weight is 323 g/mol. The summed E-state index contributed by atoms with van der Waals surface area (Å²) in [5.74, 6) is 0.0796. The van der Waals surface area contributed by atoms with Gasteiger partial charge in [-0.2, -0.15) is 5.26 Å². The standard InChI is InChI=1S/C17H13N3O4/c1-24-16-8-4-14(5-9-16)19-17(21)13(11-18)10-12-2-6-15(7-3-12)20(22)23/h2-10H,1H3,(H,19,21)/b13-10+. The number of non-ortho nitro benzene ring substituents is 1. The van der Waals surface area contributed by atoms with Crippen molar-refractivity contribution in [3.63, 3.8) is 0 Å². The fourth-order valence-electron chi connectivity index (χ4n) is 1.88. The lowest BCUT2D eigenvalue weighted by Crippen LogP contribution is -2.13. The van der Waals surface area contributed by atoms with E-state index in [0.29, 0.717) is 17.0 Å². The number of benzene rings is 2. The Hall–Kier alpha value is -3.66. The molecular formula is C17H13N3O4.